The monoisotopic (exact) mass is 540 g/mol. The number of alkyl halides is 3. The summed E-state index contributed by atoms with van der Waals surface area (Å²) in [5.74, 6) is -0.383. The molecule has 1 N–H and O–H groups in total. The number of halogens is 4. The number of ether oxygens (including phenoxy) is 1. The number of hydrogen-bond donors (Lipinski definition) is 1. The lowest BCUT2D eigenvalue weighted by molar-refractivity contribution is -0.137. The lowest BCUT2D eigenvalue weighted by Crippen LogP contribution is -2.36. The van der Waals surface area contributed by atoms with Crippen LogP contribution in [0.25, 0.3) is 11.0 Å². The van der Waals surface area contributed by atoms with Crippen molar-refractivity contribution in [2.24, 2.45) is 0 Å². The maximum absolute atomic E-state index is 13.2. The Morgan fingerprint density at radius 3 is 2.42 bits per heavy atom. The number of carbonyl (C=O) groups is 2. The molecule has 1 amide bonds. The van der Waals surface area contributed by atoms with Gasteiger partial charge in [-0.2, -0.15) is 13.2 Å². The van der Waals surface area contributed by atoms with Crippen molar-refractivity contribution in [3.63, 3.8) is 0 Å². The van der Waals surface area contributed by atoms with Crippen molar-refractivity contribution in [3.8, 4) is 0 Å². The molecule has 1 aliphatic heterocycles. The van der Waals surface area contributed by atoms with Crippen LogP contribution in [0.3, 0.4) is 0 Å². The average Bonchev–Trinajstić information content (AvgIpc) is 2.92. The Labute approximate surface area is 220 Å². The molecule has 0 spiro atoms. The van der Waals surface area contributed by atoms with Crippen LogP contribution >= 0.6 is 11.6 Å². The lowest BCUT2D eigenvalue weighted by Gasteiger charge is -2.27. The highest BCUT2D eigenvalue weighted by atomic mass is 35.5. The van der Waals surface area contributed by atoms with Crippen molar-refractivity contribution in [1.82, 2.24) is 9.97 Å². The van der Waals surface area contributed by atoms with Gasteiger partial charge in [-0.25, -0.2) is 4.98 Å². The van der Waals surface area contributed by atoms with Gasteiger partial charge in [-0.15, -0.1) is 0 Å². The Bertz CT molecular complexity index is 1540. The summed E-state index contributed by atoms with van der Waals surface area (Å²) in [6, 6.07) is 14.1. The Hall–Kier alpha value is -4.02. The van der Waals surface area contributed by atoms with E-state index in [4.69, 9.17) is 16.3 Å². The Morgan fingerprint density at radius 1 is 0.921 bits per heavy atom. The van der Waals surface area contributed by atoms with Crippen molar-refractivity contribution in [2.75, 3.05) is 36.5 Å². The fraction of sp³-hybridized carbons (Fsp3) is 0.185. The molecule has 0 atom stereocenters. The fourth-order valence-corrected chi connectivity index (χ4v) is 4.30. The second-order valence-electron chi connectivity index (χ2n) is 8.59. The summed E-state index contributed by atoms with van der Waals surface area (Å²) in [6.07, 6.45) is -3.01. The van der Waals surface area contributed by atoms with Crippen LogP contribution in [0.5, 0.6) is 0 Å². The van der Waals surface area contributed by atoms with Gasteiger partial charge >= 0.3 is 6.18 Å². The molecule has 4 aromatic rings. The van der Waals surface area contributed by atoms with E-state index in [0.29, 0.717) is 54.8 Å². The number of fused-ring (bicyclic) bond motifs is 1. The lowest BCUT2D eigenvalue weighted by atomic mass is 10.0. The second kappa shape index (κ2) is 10.4. The van der Waals surface area contributed by atoms with Crippen LogP contribution in [0.2, 0.25) is 5.02 Å². The maximum Gasteiger partial charge on any atom is 0.417 e. The standard InChI is InChI=1S/C27H20ClF3N4O3/c28-21-6-4-18(13-20(21)27(29,30)31)26(37)33-19-3-1-2-16(12-19)25(36)17-5-7-22-23(14-17)34-24(15-32-22)35-8-10-38-11-9-35/h1-7,12-15H,8-11H2,(H,33,37). The number of benzene rings is 3. The van der Waals surface area contributed by atoms with Crippen molar-refractivity contribution in [2.45, 2.75) is 6.18 Å². The van der Waals surface area contributed by atoms with Crippen LogP contribution in [0.1, 0.15) is 31.8 Å². The Morgan fingerprint density at radius 2 is 1.66 bits per heavy atom. The first-order valence-corrected chi connectivity index (χ1v) is 12.0. The summed E-state index contributed by atoms with van der Waals surface area (Å²) in [6.45, 7) is 2.61. The fourth-order valence-electron chi connectivity index (χ4n) is 4.08. The van der Waals surface area contributed by atoms with E-state index in [1.54, 1.807) is 36.5 Å². The van der Waals surface area contributed by atoms with E-state index in [2.05, 4.69) is 20.2 Å². The number of nitrogens with one attached hydrogen (secondary N) is 1. The predicted molar refractivity (Wildman–Crippen MR) is 137 cm³/mol. The van der Waals surface area contributed by atoms with Gasteiger partial charge in [0, 0.05) is 35.5 Å². The predicted octanol–water partition coefficient (Wildman–Crippen LogP) is 5.62. The third-order valence-corrected chi connectivity index (χ3v) is 6.37. The number of carbonyl (C=O) groups excluding carboxylic acids is 2. The van der Waals surface area contributed by atoms with E-state index in [9.17, 15) is 22.8 Å². The molecule has 7 nitrogen and oxygen atoms in total. The van der Waals surface area contributed by atoms with Gasteiger partial charge in [0.15, 0.2) is 5.78 Å². The highest BCUT2D eigenvalue weighted by Crippen LogP contribution is 2.35. The SMILES string of the molecule is O=C(Nc1cccc(C(=O)c2ccc3ncc(N4CCOCC4)nc3c2)c1)c1ccc(Cl)c(C(F)(F)F)c1. The Balaban J connectivity index is 1.37. The maximum atomic E-state index is 13.2. The van der Waals surface area contributed by atoms with Gasteiger partial charge in [-0.1, -0.05) is 23.7 Å². The molecule has 0 aliphatic carbocycles. The summed E-state index contributed by atoms with van der Waals surface area (Å²) in [5, 5.41) is 2.04. The van der Waals surface area contributed by atoms with Gasteiger partial charge < -0.3 is 15.0 Å². The molecule has 0 saturated carbocycles. The number of nitrogens with zero attached hydrogens (tertiary/aromatic N) is 3. The van der Waals surface area contributed by atoms with E-state index in [0.717, 1.165) is 6.07 Å². The zero-order chi connectivity index (χ0) is 26.9. The zero-order valence-electron chi connectivity index (χ0n) is 19.8. The van der Waals surface area contributed by atoms with Crippen LogP contribution in [0.15, 0.2) is 66.9 Å². The van der Waals surface area contributed by atoms with Crippen molar-refractivity contribution in [1.29, 1.82) is 0 Å². The normalized spacial score (nSPS) is 13.9. The molecular formula is C27H20ClF3N4O3. The quantitative estimate of drug-likeness (QED) is 0.331. The molecule has 2 heterocycles. The van der Waals surface area contributed by atoms with Crippen LogP contribution in [0, 0.1) is 0 Å². The molecule has 1 fully saturated rings. The summed E-state index contributed by atoms with van der Waals surface area (Å²) in [7, 11) is 0. The van der Waals surface area contributed by atoms with Gasteiger partial charge in [0.05, 0.1) is 41.0 Å². The first-order chi connectivity index (χ1) is 18.2. The summed E-state index contributed by atoms with van der Waals surface area (Å²) < 4.78 is 44.9. The molecule has 11 heteroatoms. The molecule has 0 radical (unpaired) electrons. The Kier molecular flexibility index (Phi) is 7.00. The molecule has 0 unspecified atom stereocenters. The van der Waals surface area contributed by atoms with E-state index in [1.807, 2.05) is 0 Å². The first kappa shape index (κ1) is 25.6. The minimum absolute atomic E-state index is 0.220. The minimum Gasteiger partial charge on any atom is -0.378 e. The third-order valence-electron chi connectivity index (χ3n) is 6.04. The summed E-state index contributed by atoms with van der Waals surface area (Å²) in [4.78, 5) is 37.1. The number of amides is 1. The van der Waals surface area contributed by atoms with Crippen LogP contribution in [0.4, 0.5) is 24.7 Å². The molecule has 3 aromatic carbocycles. The average molecular weight is 541 g/mol. The van der Waals surface area contributed by atoms with Gasteiger partial charge in [0.25, 0.3) is 5.91 Å². The topological polar surface area (TPSA) is 84.4 Å². The number of morpholine rings is 1. The highest BCUT2D eigenvalue weighted by molar-refractivity contribution is 6.31. The number of aromatic nitrogens is 2. The largest absolute Gasteiger partial charge is 0.417 e. The van der Waals surface area contributed by atoms with Gasteiger partial charge in [-0.3, -0.25) is 14.6 Å². The molecule has 38 heavy (non-hydrogen) atoms. The van der Waals surface area contributed by atoms with E-state index >= 15 is 0 Å². The van der Waals surface area contributed by atoms with Gasteiger partial charge in [0.1, 0.15) is 5.82 Å². The van der Waals surface area contributed by atoms with Crippen molar-refractivity contribution >= 4 is 45.8 Å². The minimum atomic E-state index is -4.70. The number of anilines is 2. The van der Waals surface area contributed by atoms with E-state index in [1.165, 1.54) is 18.2 Å². The van der Waals surface area contributed by atoms with Gasteiger partial charge in [0.2, 0.25) is 0 Å². The smallest absolute Gasteiger partial charge is 0.378 e. The molecular weight excluding hydrogens is 521 g/mol. The van der Waals surface area contributed by atoms with Crippen molar-refractivity contribution < 1.29 is 27.5 Å². The number of hydrogen-bond acceptors (Lipinski definition) is 6. The molecule has 1 saturated heterocycles. The van der Waals surface area contributed by atoms with E-state index in [-0.39, 0.29) is 22.6 Å². The van der Waals surface area contributed by atoms with Crippen LogP contribution in [-0.2, 0) is 10.9 Å². The molecule has 194 valence electrons. The first-order valence-electron chi connectivity index (χ1n) is 11.6. The zero-order valence-corrected chi connectivity index (χ0v) is 20.5. The van der Waals surface area contributed by atoms with Crippen molar-refractivity contribution in [3.05, 3.63) is 94.1 Å². The summed E-state index contributed by atoms with van der Waals surface area (Å²) >= 11 is 5.64. The molecule has 5 rings (SSSR count). The number of ketones is 1. The highest BCUT2D eigenvalue weighted by Gasteiger charge is 2.33. The van der Waals surface area contributed by atoms with Crippen LogP contribution in [-0.4, -0.2) is 48.0 Å². The van der Waals surface area contributed by atoms with Gasteiger partial charge in [-0.05, 0) is 48.5 Å². The van der Waals surface area contributed by atoms with E-state index < -0.39 is 22.7 Å². The molecule has 0 bridgehead atoms. The second-order valence-corrected chi connectivity index (χ2v) is 8.99. The van der Waals surface area contributed by atoms with Crippen LogP contribution < -0.4 is 10.2 Å². The molecule has 1 aliphatic rings. The molecule has 1 aromatic heterocycles. The number of rotatable bonds is 5. The third kappa shape index (κ3) is 5.46. The summed E-state index contributed by atoms with van der Waals surface area (Å²) in [5.41, 5.74) is 0.788.